The van der Waals surface area contributed by atoms with Crippen molar-refractivity contribution in [3.05, 3.63) is 26.2 Å². The molecule has 0 saturated carbocycles. The molecular weight excluding hydrogens is 216 g/mol. The Morgan fingerprint density at radius 2 is 1.17 bits per heavy atom. The Morgan fingerprint density at radius 3 is 1.50 bits per heavy atom. The summed E-state index contributed by atoms with van der Waals surface area (Å²) in [5, 5.41) is 1.46. The summed E-state index contributed by atoms with van der Waals surface area (Å²) in [5.41, 5.74) is 7.58. The highest BCUT2D eigenvalue weighted by Gasteiger charge is 2.13. The van der Waals surface area contributed by atoms with Crippen molar-refractivity contribution in [1.29, 1.82) is 0 Å². The standard InChI is InChI=1S/C8H8Cl3N/c1-3-5(9)4(2)7(11)8(12)6(3)10/h12H2,1-2H3. The molecule has 66 valence electrons. The lowest BCUT2D eigenvalue weighted by Crippen LogP contribution is -1.94. The molecule has 0 radical (unpaired) electrons. The van der Waals surface area contributed by atoms with E-state index < -0.39 is 0 Å². The van der Waals surface area contributed by atoms with Crippen LogP contribution in [0, 0.1) is 13.8 Å². The summed E-state index contributed by atoms with van der Waals surface area (Å²) >= 11 is 17.7. The molecule has 0 bridgehead atoms. The molecule has 0 aliphatic heterocycles. The van der Waals surface area contributed by atoms with Gasteiger partial charge in [0.2, 0.25) is 0 Å². The first-order valence-corrected chi connectivity index (χ1v) is 4.49. The molecule has 12 heavy (non-hydrogen) atoms. The second-order valence-corrected chi connectivity index (χ2v) is 3.74. The van der Waals surface area contributed by atoms with E-state index in [1.807, 2.05) is 13.8 Å². The minimum Gasteiger partial charge on any atom is -0.396 e. The Kier molecular flexibility index (Phi) is 2.77. The quantitative estimate of drug-likeness (QED) is 0.666. The van der Waals surface area contributed by atoms with Gasteiger partial charge in [-0.05, 0) is 25.0 Å². The molecule has 0 unspecified atom stereocenters. The van der Waals surface area contributed by atoms with Crippen LogP contribution in [0.5, 0.6) is 0 Å². The highest BCUT2D eigenvalue weighted by molar-refractivity contribution is 6.43. The summed E-state index contributed by atoms with van der Waals surface area (Å²) in [5.74, 6) is 0. The highest BCUT2D eigenvalue weighted by Crippen LogP contribution is 2.38. The average Bonchev–Trinajstić information content (AvgIpc) is 2.08. The van der Waals surface area contributed by atoms with Crippen LogP contribution in [0.15, 0.2) is 0 Å². The molecule has 0 fully saturated rings. The summed E-state index contributed by atoms with van der Waals surface area (Å²) in [6.07, 6.45) is 0. The lowest BCUT2D eigenvalue weighted by molar-refractivity contribution is 1.39. The lowest BCUT2D eigenvalue weighted by Gasteiger charge is -2.10. The molecule has 0 atom stereocenters. The van der Waals surface area contributed by atoms with Crippen molar-refractivity contribution in [3.63, 3.8) is 0 Å². The smallest absolute Gasteiger partial charge is 0.0699 e. The Labute approximate surface area is 86.4 Å². The van der Waals surface area contributed by atoms with Gasteiger partial charge in [0, 0.05) is 5.02 Å². The first kappa shape index (κ1) is 9.97. The topological polar surface area (TPSA) is 26.0 Å². The zero-order valence-corrected chi connectivity index (χ0v) is 8.98. The summed E-state index contributed by atoms with van der Waals surface area (Å²) in [4.78, 5) is 0. The second-order valence-electron chi connectivity index (χ2n) is 2.61. The molecule has 0 aliphatic rings. The SMILES string of the molecule is Cc1c(Cl)c(C)c(Cl)c(N)c1Cl. The van der Waals surface area contributed by atoms with Crippen LogP contribution in [0.25, 0.3) is 0 Å². The van der Waals surface area contributed by atoms with Crippen LogP contribution >= 0.6 is 34.8 Å². The van der Waals surface area contributed by atoms with Gasteiger partial charge in [-0.2, -0.15) is 0 Å². The number of hydrogen-bond donors (Lipinski definition) is 1. The van der Waals surface area contributed by atoms with Gasteiger partial charge in [-0.3, -0.25) is 0 Å². The van der Waals surface area contributed by atoms with Gasteiger partial charge < -0.3 is 5.73 Å². The first-order valence-electron chi connectivity index (χ1n) is 3.36. The van der Waals surface area contributed by atoms with Crippen molar-refractivity contribution in [3.8, 4) is 0 Å². The van der Waals surface area contributed by atoms with Gasteiger partial charge in [-0.25, -0.2) is 0 Å². The average molecular weight is 225 g/mol. The second kappa shape index (κ2) is 3.33. The first-order chi connectivity index (χ1) is 5.46. The molecular formula is C8H8Cl3N. The van der Waals surface area contributed by atoms with E-state index in [9.17, 15) is 0 Å². The van der Waals surface area contributed by atoms with E-state index in [0.29, 0.717) is 20.8 Å². The normalized spacial score (nSPS) is 10.4. The minimum absolute atomic E-state index is 0.401. The third-order valence-corrected chi connectivity index (χ3v) is 3.33. The van der Waals surface area contributed by atoms with Crippen molar-refractivity contribution in [2.24, 2.45) is 0 Å². The minimum atomic E-state index is 0.401. The number of halogens is 3. The van der Waals surface area contributed by atoms with Gasteiger partial charge in [0.05, 0.1) is 15.7 Å². The summed E-state index contributed by atoms with van der Waals surface area (Å²) in [6, 6.07) is 0. The van der Waals surface area contributed by atoms with Gasteiger partial charge in [0.1, 0.15) is 0 Å². The molecule has 0 amide bonds. The van der Waals surface area contributed by atoms with Gasteiger partial charge in [0.25, 0.3) is 0 Å². The fourth-order valence-electron chi connectivity index (χ4n) is 0.974. The van der Waals surface area contributed by atoms with Gasteiger partial charge in [-0.1, -0.05) is 34.8 Å². The fraction of sp³-hybridized carbons (Fsp3) is 0.250. The number of nitrogens with two attached hydrogens (primary N) is 1. The maximum atomic E-state index is 5.94. The Bertz CT molecular complexity index is 229. The van der Waals surface area contributed by atoms with E-state index in [4.69, 9.17) is 40.5 Å². The third-order valence-electron chi connectivity index (χ3n) is 1.79. The molecule has 0 saturated heterocycles. The zero-order chi connectivity index (χ0) is 9.46. The Balaban J connectivity index is 3.60. The van der Waals surface area contributed by atoms with Crippen LogP contribution in [0.4, 0.5) is 5.69 Å². The van der Waals surface area contributed by atoms with Crippen LogP contribution in [-0.4, -0.2) is 0 Å². The fourth-order valence-corrected chi connectivity index (χ4v) is 1.69. The molecule has 1 aromatic carbocycles. The number of hydrogen-bond acceptors (Lipinski definition) is 1. The van der Waals surface area contributed by atoms with E-state index in [-0.39, 0.29) is 0 Å². The predicted molar refractivity (Wildman–Crippen MR) is 55.4 cm³/mol. The molecule has 2 N–H and O–H groups in total. The zero-order valence-electron chi connectivity index (χ0n) is 6.71. The highest BCUT2D eigenvalue weighted by atomic mass is 35.5. The van der Waals surface area contributed by atoms with Gasteiger partial charge in [0.15, 0.2) is 0 Å². The van der Waals surface area contributed by atoms with E-state index in [0.717, 1.165) is 11.1 Å². The number of nitrogen functional groups attached to an aromatic ring is 1. The van der Waals surface area contributed by atoms with Gasteiger partial charge >= 0.3 is 0 Å². The molecule has 0 aliphatic carbocycles. The van der Waals surface area contributed by atoms with Crippen LogP contribution in [0.1, 0.15) is 11.1 Å². The van der Waals surface area contributed by atoms with E-state index in [1.54, 1.807) is 0 Å². The van der Waals surface area contributed by atoms with E-state index in [2.05, 4.69) is 0 Å². The van der Waals surface area contributed by atoms with E-state index >= 15 is 0 Å². The Hall–Kier alpha value is -0.110. The van der Waals surface area contributed by atoms with Crippen molar-refractivity contribution < 1.29 is 0 Å². The van der Waals surface area contributed by atoms with Crippen LogP contribution in [0.3, 0.4) is 0 Å². The van der Waals surface area contributed by atoms with Crippen LogP contribution in [0.2, 0.25) is 15.1 Å². The lowest BCUT2D eigenvalue weighted by atomic mass is 10.1. The van der Waals surface area contributed by atoms with Crippen molar-refractivity contribution in [2.45, 2.75) is 13.8 Å². The van der Waals surface area contributed by atoms with Crippen molar-refractivity contribution in [1.82, 2.24) is 0 Å². The summed E-state index contributed by atoms with van der Waals surface area (Å²) < 4.78 is 0. The molecule has 0 aromatic heterocycles. The van der Waals surface area contributed by atoms with E-state index in [1.165, 1.54) is 0 Å². The van der Waals surface area contributed by atoms with Crippen LogP contribution < -0.4 is 5.73 Å². The number of rotatable bonds is 0. The summed E-state index contributed by atoms with van der Waals surface area (Å²) in [6.45, 7) is 3.62. The molecule has 4 heteroatoms. The van der Waals surface area contributed by atoms with Crippen LogP contribution in [-0.2, 0) is 0 Å². The number of benzene rings is 1. The molecule has 1 aromatic rings. The largest absolute Gasteiger partial charge is 0.396 e. The Morgan fingerprint density at radius 1 is 0.833 bits per heavy atom. The molecule has 1 rings (SSSR count). The summed E-state index contributed by atoms with van der Waals surface area (Å²) in [7, 11) is 0. The monoisotopic (exact) mass is 223 g/mol. The van der Waals surface area contributed by atoms with Gasteiger partial charge in [-0.15, -0.1) is 0 Å². The molecule has 1 nitrogen and oxygen atoms in total. The predicted octanol–water partition coefficient (Wildman–Crippen LogP) is 3.85. The number of anilines is 1. The molecule has 0 spiro atoms. The third kappa shape index (κ3) is 1.37. The van der Waals surface area contributed by atoms with Crippen molar-refractivity contribution >= 4 is 40.5 Å². The maximum absolute atomic E-state index is 5.94. The van der Waals surface area contributed by atoms with Crippen molar-refractivity contribution in [2.75, 3.05) is 5.73 Å². The molecule has 0 heterocycles. The maximum Gasteiger partial charge on any atom is 0.0699 e.